The minimum Gasteiger partial charge on any atom is -0.368 e. The van der Waals surface area contributed by atoms with Gasteiger partial charge in [-0.15, -0.1) is 0 Å². The van der Waals surface area contributed by atoms with E-state index in [1.54, 1.807) is 12.3 Å². The Bertz CT molecular complexity index is 776. The van der Waals surface area contributed by atoms with Gasteiger partial charge in [0.25, 0.3) is 5.91 Å². The Labute approximate surface area is 146 Å². The van der Waals surface area contributed by atoms with Gasteiger partial charge in [0.2, 0.25) is 0 Å². The predicted octanol–water partition coefficient (Wildman–Crippen LogP) is 3.14. The van der Waals surface area contributed by atoms with Gasteiger partial charge in [-0.1, -0.05) is 17.7 Å². The molecule has 5 nitrogen and oxygen atoms in total. The van der Waals surface area contributed by atoms with Crippen molar-refractivity contribution in [2.24, 2.45) is 0 Å². The van der Waals surface area contributed by atoms with Crippen LogP contribution >= 0.6 is 11.6 Å². The van der Waals surface area contributed by atoms with Gasteiger partial charge in [-0.25, -0.2) is 0 Å². The molecule has 1 aromatic carbocycles. The van der Waals surface area contributed by atoms with Crippen molar-refractivity contribution in [1.29, 1.82) is 0 Å². The SMILES string of the molecule is CC(=O)c1c[nH]c(C(=O)N2CCN(c3cc(Cl)ccc3C)CC2)c1. The van der Waals surface area contributed by atoms with Crippen LogP contribution in [0, 0.1) is 6.92 Å². The lowest BCUT2D eigenvalue weighted by molar-refractivity contribution is 0.0741. The zero-order chi connectivity index (χ0) is 17.3. The number of H-pyrrole nitrogens is 1. The van der Waals surface area contributed by atoms with Crippen LogP contribution in [0.5, 0.6) is 0 Å². The minimum absolute atomic E-state index is 0.0495. The summed E-state index contributed by atoms with van der Waals surface area (Å²) in [7, 11) is 0. The highest BCUT2D eigenvalue weighted by atomic mass is 35.5. The first kappa shape index (κ1) is 16.6. The highest BCUT2D eigenvalue weighted by Crippen LogP contribution is 2.25. The number of amides is 1. The van der Waals surface area contributed by atoms with Crippen LogP contribution in [0.15, 0.2) is 30.5 Å². The molecule has 1 fully saturated rings. The third-order valence-electron chi connectivity index (χ3n) is 4.40. The van der Waals surface area contributed by atoms with Crippen molar-refractivity contribution in [2.45, 2.75) is 13.8 Å². The molecule has 2 heterocycles. The summed E-state index contributed by atoms with van der Waals surface area (Å²) in [5, 5.41) is 0.720. The molecule has 6 heteroatoms. The van der Waals surface area contributed by atoms with E-state index in [0.29, 0.717) is 24.3 Å². The molecule has 1 aliphatic rings. The molecule has 0 bridgehead atoms. The Kier molecular flexibility index (Phi) is 4.62. The molecule has 1 saturated heterocycles. The van der Waals surface area contributed by atoms with E-state index in [0.717, 1.165) is 23.8 Å². The Balaban J connectivity index is 1.67. The summed E-state index contributed by atoms with van der Waals surface area (Å²) >= 11 is 6.10. The number of hydrogen-bond donors (Lipinski definition) is 1. The molecule has 1 N–H and O–H groups in total. The maximum Gasteiger partial charge on any atom is 0.270 e. The number of benzene rings is 1. The second-order valence-corrected chi connectivity index (χ2v) is 6.50. The van der Waals surface area contributed by atoms with Gasteiger partial charge in [-0.2, -0.15) is 0 Å². The van der Waals surface area contributed by atoms with Crippen LogP contribution in [0.25, 0.3) is 0 Å². The first-order valence-corrected chi connectivity index (χ1v) is 8.33. The van der Waals surface area contributed by atoms with E-state index in [1.165, 1.54) is 12.5 Å². The van der Waals surface area contributed by atoms with Crippen molar-refractivity contribution < 1.29 is 9.59 Å². The number of carbonyl (C=O) groups is 2. The predicted molar refractivity (Wildman–Crippen MR) is 95.1 cm³/mol. The number of Topliss-reactive ketones (excluding diaryl/α,β-unsaturated/α-hetero) is 1. The van der Waals surface area contributed by atoms with E-state index >= 15 is 0 Å². The molecule has 2 aromatic rings. The van der Waals surface area contributed by atoms with Gasteiger partial charge in [-0.3, -0.25) is 9.59 Å². The van der Waals surface area contributed by atoms with Crippen LogP contribution in [0.4, 0.5) is 5.69 Å². The minimum atomic E-state index is -0.0648. The summed E-state index contributed by atoms with van der Waals surface area (Å²) in [5.41, 5.74) is 3.29. The normalized spacial score (nSPS) is 14.8. The zero-order valence-electron chi connectivity index (χ0n) is 13.8. The molecule has 0 unspecified atom stereocenters. The quantitative estimate of drug-likeness (QED) is 0.869. The van der Waals surface area contributed by atoms with Crippen LogP contribution in [-0.4, -0.2) is 47.8 Å². The lowest BCUT2D eigenvalue weighted by atomic mass is 10.1. The maximum atomic E-state index is 12.5. The highest BCUT2D eigenvalue weighted by Gasteiger charge is 2.24. The number of anilines is 1. The lowest BCUT2D eigenvalue weighted by Crippen LogP contribution is -2.49. The summed E-state index contributed by atoms with van der Waals surface area (Å²) in [6.45, 7) is 6.34. The molecule has 1 amide bonds. The monoisotopic (exact) mass is 345 g/mol. The van der Waals surface area contributed by atoms with Crippen LogP contribution in [0.3, 0.4) is 0 Å². The smallest absolute Gasteiger partial charge is 0.270 e. The van der Waals surface area contributed by atoms with Crippen LogP contribution in [0.2, 0.25) is 5.02 Å². The van der Waals surface area contributed by atoms with E-state index in [-0.39, 0.29) is 11.7 Å². The fourth-order valence-electron chi connectivity index (χ4n) is 2.97. The number of piperazine rings is 1. The molecule has 0 radical (unpaired) electrons. The lowest BCUT2D eigenvalue weighted by Gasteiger charge is -2.36. The van der Waals surface area contributed by atoms with Crippen molar-refractivity contribution >= 4 is 29.0 Å². The first-order valence-electron chi connectivity index (χ1n) is 7.95. The number of hydrogen-bond acceptors (Lipinski definition) is 3. The number of nitrogens with one attached hydrogen (secondary N) is 1. The summed E-state index contributed by atoms with van der Waals surface area (Å²) in [6, 6.07) is 7.49. The van der Waals surface area contributed by atoms with E-state index in [2.05, 4.69) is 16.8 Å². The van der Waals surface area contributed by atoms with Crippen molar-refractivity contribution in [2.75, 3.05) is 31.1 Å². The van der Waals surface area contributed by atoms with Gasteiger partial charge >= 0.3 is 0 Å². The summed E-state index contributed by atoms with van der Waals surface area (Å²) < 4.78 is 0. The van der Waals surface area contributed by atoms with Crippen molar-refractivity contribution in [3.63, 3.8) is 0 Å². The Morgan fingerprint density at radius 2 is 1.83 bits per heavy atom. The molecule has 1 aromatic heterocycles. The molecular weight excluding hydrogens is 326 g/mol. The fraction of sp³-hybridized carbons (Fsp3) is 0.333. The Morgan fingerprint density at radius 1 is 1.12 bits per heavy atom. The van der Waals surface area contributed by atoms with Gasteiger partial charge in [0.15, 0.2) is 5.78 Å². The van der Waals surface area contributed by atoms with Crippen molar-refractivity contribution in [3.05, 3.63) is 52.3 Å². The summed E-state index contributed by atoms with van der Waals surface area (Å²) in [5.74, 6) is -0.114. The average Bonchev–Trinajstić information content (AvgIpc) is 3.07. The Morgan fingerprint density at radius 3 is 2.46 bits per heavy atom. The van der Waals surface area contributed by atoms with Crippen molar-refractivity contribution in [3.8, 4) is 0 Å². The van der Waals surface area contributed by atoms with Gasteiger partial charge in [-0.05, 0) is 37.6 Å². The summed E-state index contributed by atoms with van der Waals surface area (Å²) in [6.07, 6.45) is 1.58. The fourth-order valence-corrected chi connectivity index (χ4v) is 3.13. The van der Waals surface area contributed by atoms with Crippen molar-refractivity contribution in [1.82, 2.24) is 9.88 Å². The largest absolute Gasteiger partial charge is 0.368 e. The summed E-state index contributed by atoms with van der Waals surface area (Å²) in [4.78, 5) is 30.9. The molecule has 24 heavy (non-hydrogen) atoms. The van der Waals surface area contributed by atoms with Crippen LogP contribution < -0.4 is 4.90 Å². The molecule has 0 aliphatic carbocycles. The molecular formula is C18H20ClN3O2. The third kappa shape index (κ3) is 3.31. The van der Waals surface area contributed by atoms with E-state index < -0.39 is 0 Å². The number of halogens is 1. The topological polar surface area (TPSA) is 56.4 Å². The molecule has 0 saturated carbocycles. The average molecular weight is 346 g/mol. The maximum absolute atomic E-state index is 12.5. The third-order valence-corrected chi connectivity index (χ3v) is 4.63. The number of ketones is 1. The van der Waals surface area contributed by atoms with Gasteiger partial charge in [0.05, 0.1) is 0 Å². The van der Waals surface area contributed by atoms with E-state index in [9.17, 15) is 9.59 Å². The number of aromatic amines is 1. The number of aryl methyl sites for hydroxylation is 1. The Hall–Kier alpha value is -2.27. The van der Waals surface area contributed by atoms with Crippen LogP contribution in [-0.2, 0) is 0 Å². The number of nitrogens with zero attached hydrogens (tertiary/aromatic N) is 2. The van der Waals surface area contributed by atoms with Gasteiger partial charge < -0.3 is 14.8 Å². The molecule has 3 rings (SSSR count). The number of aromatic nitrogens is 1. The van der Waals surface area contributed by atoms with E-state index in [4.69, 9.17) is 11.6 Å². The molecule has 0 spiro atoms. The number of rotatable bonds is 3. The standard InChI is InChI=1S/C18H20ClN3O2/c1-12-3-4-15(19)10-17(12)21-5-7-22(8-6-21)18(24)16-9-14(11-20-16)13(2)23/h3-4,9-11,20H,5-8H2,1-2H3. The molecule has 1 aliphatic heterocycles. The van der Waals surface area contributed by atoms with Gasteiger partial charge in [0.1, 0.15) is 5.69 Å². The van der Waals surface area contributed by atoms with Gasteiger partial charge in [0, 0.05) is 48.6 Å². The molecule has 126 valence electrons. The van der Waals surface area contributed by atoms with Crippen LogP contribution in [0.1, 0.15) is 33.3 Å². The second-order valence-electron chi connectivity index (χ2n) is 6.07. The number of carbonyl (C=O) groups excluding carboxylic acids is 2. The second kappa shape index (κ2) is 6.69. The first-order chi connectivity index (χ1) is 11.5. The van der Waals surface area contributed by atoms with E-state index in [1.807, 2.05) is 23.1 Å². The zero-order valence-corrected chi connectivity index (χ0v) is 14.6. The molecule has 0 atom stereocenters. The highest BCUT2D eigenvalue weighted by molar-refractivity contribution is 6.30.